The number of sulfonamides is 1. The van der Waals surface area contributed by atoms with Crippen LogP contribution in [0.3, 0.4) is 0 Å². The number of rotatable bonds is 6. The fraction of sp³-hybridized carbons (Fsp3) is 0.556. The fourth-order valence-corrected chi connectivity index (χ4v) is 4.38. The molecule has 3 atom stereocenters. The van der Waals surface area contributed by atoms with Crippen LogP contribution in [0.4, 0.5) is 5.69 Å². The summed E-state index contributed by atoms with van der Waals surface area (Å²) < 4.78 is 27.5. The minimum Gasteiger partial charge on any atom is -0.341 e. The number of hydrogen-bond donors (Lipinski definition) is 3. The van der Waals surface area contributed by atoms with Crippen molar-refractivity contribution in [3.8, 4) is 0 Å². The summed E-state index contributed by atoms with van der Waals surface area (Å²) in [5.41, 5.74) is 6.45. The molecule has 0 bridgehead atoms. The number of nitrogens with one attached hydrogen (secondary N) is 2. The third kappa shape index (κ3) is 6.44. The number of halogens is 1. The standard InChI is InChI=1S/C18H28N4O4S.ClH/c1-12(19)15-5-4-10-22(11-15)18(24)13(2)21-27(25,26)17-8-6-16(7-9-17)20-14(3)23;/h6-9,12-13,15,21H,4-5,10-11,19H2,1-3H3,(H,20,23);1H. The van der Waals surface area contributed by atoms with E-state index in [0.717, 1.165) is 12.8 Å². The number of carbonyl (C=O) groups excluding carboxylic acids is 2. The van der Waals surface area contributed by atoms with E-state index in [9.17, 15) is 18.0 Å². The molecular weight excluding hydrogens is 404 g/mol. The predicted octanol–water partition coefficient (Wildman–Crippen LogP) is 1.32. The highest BCUT2D eigenvalue weighted by molar-refractivity contribution is 7.89. The summed E-state index contributed by atoms with van der Waals surface area (Å²) in [5.74, 6) is -0.263. The van der Waals surface area contributed by atoms with Gasteiger partial charge < -0.3 is 16.0 Å². The molecular formula is C18H29ClN4O4S. The summed E-state index contributed by atoms with van der Waals surface area (Å²) in [5, 5.41) is 2.57. The van der Waals surface area contributed by atoms with Gasteiger partial charge in [-0.2, -0.15) is 4.72 Å². The number of benzene rings is 1. The molecule has 1 heterocycles. The summed E-state index contributed by atoms with van der Waals surface area (Å²) in [6.07, 6.45) is 1.84. The Morgan fingerprint density at radius 2 is 1.82 bits per heavy atom. The average Bonchev–Trinajstić information content (AvgIpc) is 2.60. The molecule has 0 spiro atoms. The predicted molar refractivity (Wildman–Crippen MR) is 111 cm³/mol. The van der Waals surface area contributed by atoms with Crippen LogP contribution in [-0.2, 0) is 19.6 Å². The lowest BCUT2D eigenvalue weighted by molar-refractivity contribution is -0.134. The van der Waals surface area contributed by atoms with E-state index in [0.29, 0.717) is 18.8 Å². The van der Waals surface area contributed by atoms with E-state index in [-0.39, 0.29) is 41.1 Å². The van der Waals surface area contributed by atoms with E-state index in [1.165, 1.54) is 31.2 Å². The maximum Gasteiger partial charge on any atom is 0.241 e. The summed E-state index contributed by atoms with van der Waals surface area (Å²) in [6.45, 7) is 6.00. The number of hydrogen-bond acceptors (Lipinski definition) is 5. The highest BCUT2D eigenvalue weighted by Crippen LogP contribution is 2.20. The molecule has 2 amide bonds. The fourth-order valence-electron chi connectivity index (χ4n) is 3.19. The summed E-state index contributed by atoms with van der Waals surface area (Å²) in [6, 6.07) is 4.89. The van der Waals surface area contributed by atoms with E-state index < -0.39 is 16.1 Å². The lowest BCUT2D eigenvalue weighted by Crippen LogP contribution is -2.51. The van der Waals surface area contributed by atoms with E-state index in [1.54, 1.807) is 11.8 Å². The first-order valence-electron chi connectivity index (χ1n) is 9.04. The Balaban J connectivity index is 0.00000392. The largest absolute Gasteiger partial charge is 0.341 e. The van der Waals surface area contributed by atoms with Crippen LogP contribution in [0.15, 0.2) is 29.2 Å². The Morgan fingerprint density at radius 1 is 1.21 bits per heavy atom. The highest BCUT2D eigenvalue weighted by atomic mass is 35.5. The molecule has 8 nitrogen and oxygen atoms in total. The van der Waals surface area contributed by atoms with Crippen molar-refractivity contribution in [1.82, 2.24) is 9.62 Å². The van der Waals surface area contributed by atoms with Crippen molar-refractivity contribution in [2.45, 2.75) is 50.6 Å². The van der Waals surface area contributed by atoms with Gasteiger partial charge in [0, 0.05) is 31.7 Å². The average molecular weight is 433 g/mol. The molecule has 0 saturated carbocycles. The Hall–Kier alpha value is -1.68. The smallest absolute Gasteiger partial charge is 0.241 e. The normalized spacial score (nSPS) is 19.3. The number of likely N-dealkylation sites (tertiary alicyclic amines) is 1. The molecule has 1 aromatic carbocycles. The number of carbonyl (C=O) groups is 2. The number of piperidine rings is 1. The van der Waals surface area contributed by atoms with Crippen LogP contribution < -0.4 is 15.8 Å². The van der Waals surface area contributed by atoms with Crippen molar-refractivity contribution in [3.05, 3.63) is 24.3 Å². The zero-order valence-corrected chi connectivity index (χ0v) is 18.0. The quantitative estimate of drug-likeness (QED) is 0.625. The number of anilines is 1. The van der Waals surface area contributed by atoms with Crippen LogP contribution in [0.25, 0.3) is 0 Å². The first kappa shape index (κ1) is 24.4. The molecule has 28 heavy (non-hydrogen) atoms. The summed E-state index contributed by atoms with van der Waals surface area (Å²) >= 11 is 0. The minimum atomic E-state index is -3.85. The summed E-state index contributed by atoms with van der Waals surface area (Å²) in [4.78, 5) is 25.4. The maximum atomic E-state index is 12.7. The molecule has 1 saturated heterocycles. The zero-order valence-electron chi connectivity index (χ0n) is 16.3. The third-order valence-electron chi connectivity index (χ3n) is 4.70. The van der Waals surface area contributed by atoms with Crippen LogP contribution in [0, 0.1) is 5.92 Å². The van der Waals surface area contributed by atoms with E-state index in [2.05, 4.69) is 10.0 Å². The van der Waals surface area contributed by atoms with Crippen molar-refractivity contribution >= 4 is 39.9 Å². The van der Waals surface area contributed by atoms with Gasteiger partial charge in [-0.1, -0.05) is 0 Å². The molecule has 158 valence electrons. The van der Waals surface area contributed by atoms with Crippen LogP contribution >= 0.6 is 12.4 Å². The molecule has 1 aliphatic rings. The lowest BCUT2D eigenvalue weighted by Gasteiger charge is -2.36. The van der Waals surface area contributed by atoms with Crippen molar-refractivity contribution in [1.29, 1.82) is 0 Å². The molecule has 2 rings (SSSR count). The van der Waals surface area contributed by atoms with Crippen molar-refractivity contribution in [2.75, 3.05) is 18.4 Å². The van der Waals surface area contributed by atoms with Gasteiger partial charge in [-0.3, -0.25) is 9.59 Å². The Kier molecular flexibility index (Phi) is 8.87. The Bertz CT molecular complexity index is 783. The van der Waals surface area contributed by atoms with Gasteiger partial charge in [-0.05, 0) is 56.9 Å². The van der Waals surface area contributed by atoms with Gasteiger partial charge in [0.25, 0.3) is 0 Å². The number of amides is 2. The van der Waals surface area contributed by atoms with Gasteiger partial charge in [-0.25, -0.2) is 8.42 Å². The van der Waals surface area contributed by atoms with Gasteiger partial charge in [0.1, 0.15) is 0 Å². The third-order valence-corrected chi connectivity index (χ3v) is 6.26. The number of nitrogens with two attached hydrogens (primary N) is 1. The SMILES string of the molecule is CC(=O)Nc1ccc(S(=O)(=O)NC(C)C(=O)N2CCCC(C(C)N)C2)cc1.Cl. The topological polar surface area (TPSA) is 122 Å². The molecule has 0 aromatic heterocycles. The van der Waals surface area contributed by atoms with Crippen LogP contribution in [0.2, 0.25) is 0 Å². The van der Waals surface area contributed by atoms with E-state index >= 15 is 0 Å². The van der Waals surface area contributed by atoms with Gasteiger partial charge in [0.05, 0.1) is 10.9 Å². The molecule has 0 radical (unpaired) electrons. The van der Waals surface area contributed by atoms with Crippen LogP contribution in [0.5, 0.6) is 0 Å². The molecule has 0 aliphatic carbocycles. The van der Waals surface area contributed by atoms with Gasteiger partial charge in [-0.15, -0.1) is 12.4 Å². The molecule has 1 fully saturated rings. The van der Waals surface area contributed by atoms with E-state index in [4.69, 9.17) is 5.73 Å². The van der Waals surface area contributed by atoms with Crippen LogP contribution in [0.1, 0.15) is 33.6 Å². The summed E-state index contributed by atoms with van der Waals surface area (Å²) in [7, 11) is -3.85. The second-order valence-corrected chi connectivity index (χ2v) is 8.81. The zero-order chi connectivity index (χ0) is 20.2. The van der Waals surface area contributed by atoms with Crippen molar-refractivity contribution in [3.63, 3.8) is 0 Å². The number of nitrogens with zero attached hydrogens (tertiary/aromatic N) is 1. The van der Waals surface area contributed by atoms with Crippen LogP contribution in [-0.4, -0.2) is 50.3 Å². The molecule has 10 heteroatoms. The Morgan fingerprint density at radius 3 is 2.36 bits per heavy atom. The maximum absolute atomic E-state index is 12.7. The molecule has 1 aromatic rings. The molecule has 3 unspecified atom stereocenters. The monoisotopic (exact) mass is 432 g/mol. The van der Waals surface area contributed by atoms with Crippen molar-refractivity contribution < 1.29 is 18.0 Å². The van der Waals surface area contributed by atoms with Gasteiger partial charge in [0.15, 0.2) is 0 Å². The second kappa shape index (κ2) is 10.2. The van der Waals surface area contributed by atoms with Crippen molar-refractivity contribution in [2.24, 2.45) is 11.7 Å². The first-order chi connectivity index (χ1) is 12.6. The van der Waals surface area contributed by atoms with Gasteiger partial charge in [0.2, 0.25) is 21.8 Å². The highest BCUT2D eigenvalue weighted by Gasteiger charge is 2.30. The Labute approximate surface area is 172 Å². The molecule has 4 N–H and O–H groups in total. The minimum absolute atomic E-state index is 0. The van der Waals surface area contributed by atoms with E-state index in [1.807, 2.05) is 6.92 Å². The first-order valence-corrected chi connectivity index (χ1v) is 10.5. The second-order valence-electron chi connectivity index (χ2n) is 7.09. The lowest BCUT2D eigenvalue weighted by atomic mass is 9.92. The molecule has 1 aliphatic heterocycles. The van der Waals surface area contributed by atoms with Gasteiger partial charge >= 0.3 is 0 Å².